The Bertz CT molecular complexity index is 824. The molecule has 1 aromatic rings. The lowest BCUT2D eigenvalue weighted by molar-refractivity contribution is -0.156. The number of benzene rings is 1. The minimum Gasteiger partial charge on any atom is -0.486 e. The summed E-state index contributed by atoms with van der Waals surface area (Å²) in [5.74, 6) is -0.756. The molecule has 0 aromatic heterocycles. The van der Waals surface area contributed by atoms with Crippen molar-refractivity contribution in [3.63, 3.8) is 0 Å². The minimum absolute atomic E-state index is 0.00407. The number of hydrogen-bond donors (Lipinski definition) is 1. The summed E-state index contributed by atoms with van der Waals surface area (Å²) in [7, 11) is -3.94. The van der Waals surface area contributed by atoms with Crippen molar-refractivity contribution >= 4 is 21.9 Å². The fraction of sp³-hybridized carbons (Fsp3) is 0.500. The first-order valence-electron chi connectivity index (χ1n) is 8.22. The number of hydrogen-bond acceptors (Lipinski definition) is 7. The molecule has 2 aliphatic rings. The third-order valence-corrected chi connectivity index (χ3v) is 6.19. The Kier molecular flexibility index (Phi) is 5.05. The van der Waals surface area contributed by atoms with Crippen LogP contribution < -0.4 is 15.2 Å². The highest BCUT2D eigenvalue weighted by atomic mass is 32.2. The molecule has 9 nitrogen and oxygen atoms in total. The summed E-state index contributed by atoms with van der Waals surface area (Å²) in [5.41, 5.74) is 5.09. The second-order valence-electron chi connectivity index (χ2n) is 6.06. The fourth-order valence-electron chi connectivity index (χ4n) is 2.89. The van der Waals surface area contributed by atoms with Crippen LogP contribution in [0.4, 0.5) is 0 Å². The second kappa shape index (κ2) is 7.12. The van der Waals surface area contributed by atoms with Gasteiger partial charge in [0.05, 0.1) is 4.90 Å². The van der Waals surface area contributed by atoms with Crippen LogP contribution in [-0.2, 0) is 24.3 Å². The van der Waals surface area contributed by atoms with Gasteiger partial charge in [-0.3, -0.25) is 9.59 Å². The first-order chi connectivity index (χ1) is 12.3. The fourth-order valence-corrected chi connectivity index (χ4v) is 4.56. The summed E-state index contributed by atoms with van der Waals surface area (Å²) in [6.45, 7) is 2.26. The van der Waals surface area contributed by atoms with Crippen LogP contribution in [0.15, 0.2) is 23.1 Å². The standard InChI is InChI=1S/C16H20N2O7S/c1-10(15(17)19)25-16(20)12-3-2-6-18(12)26(21,22)11-4-5-13-14(9-11)24-8-7-23-13/h4-5,9-10,12H,2-3,6-8H2,1H3,(H2,17,19)/t10-,12+/m1/s1. The molecule has 0 spiro atoms. The van der Waals surface area contributed by atoms with Crippen LogP contribution in [0.1, 0.15) is 19.8 Å². The van der Waals surface area contributed by atoms with E-state index >= 15 is 0 Å². The topological polar surface area (TPSA) is 125 Å². The molecule has 1 saturated heterocycles. The van der Waals surface area contributed by atoms with E-state index in [4.69, 9.17) is 19.9 Å². The van der Waals surface area contributed by atoms with E-state index in [1.807, 2.05) is 0 Å². The average molecular weight is 384 g/mol. The number of fused-ring (bicyclic) bond motifs is 1. The third kappa shape index (κ3) is 3.47. The van der Waals surface area contributed by atoms with E-state index in [1.54, 1.807) is 0 Å². The molecular weight excluding hydrogens is 364 g/mol. The molecular formula is C16H20N2O7S. The number of sulfonamides is 1. The third-order valence-electron chi connectivity index (χ3n) is 4.29. The molecule has 0 unspecified atom stereocenters. The molecule has 2 aliphatic heterocycles. The van der Waals surface area contributed by atoms with E-state index in [0.29, 0.717) is 37.6 Å². The van der Waals surface area contributed by atoms with E-state index < -0.39 is 34.0 Å². The molecule has 2 atom stereocenters. The minimum atomic E-state index is -3.94. The second-order valence-corrected chi connectivity index (χ2v) is 7.95. The Labute approximate surface area is 151 Å². The zero-order valence-electron chi connectivity index (χ0n) is 14.2. The van der Waals surface area contributed by atoms with Gasteiger partial charge >= 0.3 is 5.97 Å². The van der Waals surface area contributed by atoms with Crippen LogP contribution in [0.5, 0.6) is 11.5 Å². The summed E-state index contributed by atoms with van der Waals surface area (Å²) in [4.78, 5) is 23.4. The van der Waals surface area contributed by atoms with E-state index in [-0.39, 0.29) is 11.4 Å². The highest BCUT2D eigenvalue weighted by Gasteiger charge is 2.41. The summed E-state index contributed by atoms with van der Waals surface area (Å²) in [5, 5.41) is 0. The van der Waals surface area contributed by atoms with E-state index in [2.05, 4.69) is 0 Å². The zero-order valence-corrected chi connectivity index (χ0v) is 15.0. The Morgan fingerprint density at radius 1 is 1.27 bits per heavy atom. The molecule has 1 amide bonds. The molecule has 10 heteroatoms. The summed E-state index contributed by atoms with van der Waals surface area (Å²) >= 11 is 0. The summed E-state index contributed by atoms with van der Waals surface area (Å²) in [6, 6.07) is 3.33. The highest BCUT2D eigenvalue weighted by molar-refractivity contribution is 7.89. The van der Waals surface area contributed by atoms with E-state index in [0.717, 1.165) is 4.31 Å². The Balaban J connectivity index is 1.84. The van der Waals surface area contributed by atoms with Gasteiger partial charge in [0.1, 0.15) is 19.3 Å². The monoisotopic (exact) mass is 384 g/mol. The van der Waals surface area contributed by atoms with E-state index in [1.165, 1.54) is 25.1 Å². The average Bonchev–Trinajstić information content (AvgIpc) is 3.12. The van der Waals surface area contributed by atoms with Crippen LogP contribution in [0.2, 0.25) is 0 Å². The summed E-state index contributed by atoms with van der Waals surface area (Å²) in [6.07, 6.45) is -0.301. The van der Waals surface area contributed by atoms with E-state index in [9.17, 15) is 18.0 Å². The largest absolute Gasteiger partial charge is 0.486 e. The van der Waals surface area contributed by atoms with Crippen molar-refractivity contribution in [2.24, 2.45) is 5.73 Å². The smallest absolute Gasteiger partial charge is 0.325 e. The molecule has 0 radical (unpaired) electrons. The van der Waals surface area contributed by atoms with Gasteiger partial charge in [-0.1, -0.05) is 0 Å². The maximum absolute atomic E-state index is 13.0. The zero-order chi connectivity index (χ0) is 18.9. The number of nitrogens with zero attached hydrogens (tertiary/aromatic N) is 1. The number of amides is 1. The highest BCUT2D eigenvalue weighted by Crippen LogP contribution is 2.35. The van der Waals surface area contributed by atoms with Gasteiger partial charge in [-0.05, 0) is 31.9 Å². The molecule has 0 bridgehead atoms. The maximum Gasteiger partial charge on any atom is 0.325 e. The lowest BCUT2D eigenvalue weighted by Gasteiger charge is -2.24. The molecule has 3 rings (SSSR count). The van der Waals surface area contributed by atoms with Crippen LogP contribution in [-0.4, -0.2) is 56.5 Å². The molecule has 142 valence electrons. The van der Waals surface area contributed by atoms with Gasteiger partial charge in [-0.25, -0.2) is 8.42 Å². The van der Waals surface area contributed by atoms with Crippen molar-refractivity contribution < 1.29 is 32.2 Å². The van der Waals surface area contributed by atoms with Crippen molar-refractivity contribution in [1.29, 1.82) is 0 Å². The molecule has 2 heterocycles. The number of carbonyl (C=O) groups excluding carboxylic acids is 2. The van der Waals surface area contributed by atoms with Crippen LogP contribution in [0.25, 0.3) is 0 Å². The number of nitrogens with two attached hydrogens (primary N) is 1. The number of rotatable bonds is 5. The maximum atomic E-state index is 13.0. The number of ether oxygens (including phenoxy) is 3. The van der Waals surface area contributed by atoms with Gasteiger partial charge in [0, 0.05) is 12.6 Å². The van der Waals surface area contributed by atoms with Gasteiger partial charge in [-0.15, -0.1) is 0 Å². The Morgan fingerprint density at radius 2 is 1.96 bits per heavy atom. The Morgan fingerprint density at radius 3 is 2.65 bits per heavy atom. The SMILES string of the molecule is C[C@@H](OC(=O)[C@@H]1CCCN1S(=O)(=O)c1ccc2c(c1)OCCO2)C(N)=O. The van der Waals surface area contributed by atoms with Crippen LogP contribution >= 0.6 is 0 Å². The molecule has 1 fully saturated rings. The number of esters is 1. The molecule has 1 aromatic carbocycles. The quantitative estimate of drug-likeness (QED) is 0.710. The normalized spacial score (nSPS) is 21.2. The first-order valence-corrected chi connectivity index (χ1v) is 9.66. The van der Waals surface area contributed by atoms with Crippen LogP contribution in [0, 0.1) is 0 Å². The number of carbonyl (C=O) groups is 2. The first kappa shape index (κ1) is 18.5. The van der Waals surface area contributed by atoms with Gasteiger partial charge in [0.2, 0.25) is 10.0 Å². The lowest BCUT2D eigenvalue weighted by atomic mass is 10.2. The van der Waals surface area contributed by atoms with Crippen molar-refractivity contribution in [3.8, 4) is 11.5 Å². The molecule has 0 aliphatic carbocycles. The number of primary amides is 1. The molecule has 26 heavy (non-hydrogen) atoms. The van der Waals surface area contributed by atoms with Crippen molar-refractivity contribution in [3.05, 3.63) is 18.2 Å². The Hall–Kier alpha value is -2.33. The van der Waals surface area contributed by atoms with Crippen molar-refractivity contribution in [2.45, 2.75) is 36.8 Å². The van der Waals surface area contributed by atoms with Gasteiger partial charge in [0.15, 0.2) is 17.6 Å². The molecule has 2 N–H and O–H groups in total. The van der Waals surface area contributed by atoms with Gasteiger partial charge < -0.3 is 19.9 Å². The van der Waals surface area contributed by atoms with Gasteiger partial charge in [0.25, 0.3) is 5.91 Å². The summed E-state index contributed by atoms with van der Waals surface area (Å²) < 4.78 is 42.9. The predicted molar refractivity (Wildman–Crippen MR) is 89.1 cm³/mol. The van der Waals surface area contributed by atoms with Crippen molar-refractivity contribution in [2.75, 3.05) is 19.8 Å². The molecule has 0 saturated carbocycles. The van der Waals surface area contributed by atoms with Crippen molar-refractivity contribution in [1.82, 2.24) is 4.31 Å². The predicted octanol–water partition coefficient (Wildman–Crippen LogP) is 0.0279. The van der Waals surface area contributed by atoms with Crippen LogP contribution in [0.3, 0.4) is 0 Å². The van der Waals surface area contributed by atoms with Gasteiger partial charge in [-0.2, -0.15) is 4.31 Å². The lowest BCUT2D eigenvalue weighted by Crippen LogP contribution is -2.43.